The first-order valence-corrected chi connectivity index (χ1v) is 6.33. The zero-order valence-electron chi connectivity index (χ0n) is 8.41. The van der Waals surface area contributed by atoms with E-state index in [-0.39, 0.29) is 12.1 Å². The number of rotatable bonds is 3. The van der Waals surface area contributed by atoms with Gasteiger partial charge in [-0.3, -0.25) is 5.84 Å². The summed E-state index contributed by atoms with van der Waals surface area (Å²) in [4.78, 5) is 1.15. The molecule has 1 fully saturated rings. The van der Waals surface area contributed by atoms with Gasteiger partial charge in [-0.15, -0.1) is 11.3 Å². The Labute approximate surface area is 98.5 Å². The lowest BCUT2D eigenvalue weighted by molar-refractivity contribution is -0.00747. The Morgan fingerprint density at radius 1 is 1.53 bits per heavy atom. The molecule has 1 aliphatic heterocycles. The average molecular weight is 247 g/mol. The van der Waals surface area contributed by atoms with E-state index in [2.05, 4.69) is 5.43 Å². The van der Waals surface area contributed by atoms with Crippen molar-refractivity contribution in [3.05, 3.63) is 21.3 Å². The molecule has 0 amide bonds. The minimum atomic E-state index is 0.0720. The van der Waals surface area contributed by atoms with E-state index in [0.717, 1.165) is 28.7 Å². The maximum absolute atomic E-state index is 5.91. The molecule has 3 N–H and O–H groups in total. The fourth-order valence-corrected chi connectivity index (χ4v) is 3.07. The van der Waals surface area contributed by atoms with E-state index < -0.39 is 0 Å². The molecule has 1 aliphatic rings. The first-order valence-electron chi connectivity index (χ1n) is 5.14. The van der Waals surface area contributed by atoms with Gasteiger partial charge in [0.15, 0.2) is 0 Å². The maximum Gasteiger partial charge on any atom is 0.0931 e. The maximum atomic E-state index is 5.91. The van der Waals surface area contributed by atoms with E-state index in [4.69, 9.17) is 22.2 Å². The molecular formula is C10H15ClN2OS. The van der Waals surface area contributed by atoms with E-state index in [0.29, 0.717) is 0 Å². The number of hydrogen-bond donors (Lipinski definition) is 2. The molecule has 15 heavy (non-hydrogen) atoms. The molecule has 2 rings (SSSR count). The van der Waals surface area contributed by atoms with E-state index in [1.807, 2.05) is 12.1 Å². The second-order valence-corrected chi connectivity index (χ2v) is 5.44. The van der Waals surface area contributed by atoms with Crippen LogP contribution in [0.2, 0.25) is 4.34 Å². The second-order valence-electron chi connectivity index (χ2n) is 3.69. The summed E-state index contributed by atoms with van der Waals surface area (Å²) < 4.78 is 6.51. The van der Waals surface area contributed by atoms with Crippen LogP contribution < -0.4 is 11.3 Å². The highest BCUT2D eigenvalue weighted by atomic mass is 35.5. The fourth-order valence-electron chi connectivity index (χ4n) is 1.90. The molecule has 2 unspecified atom stereocenters. The zero-order chi connectivity index (χ0) is 10.7. The summed E-state index contributed by atoms with van der Waals surface area (Å²) in [6, 6.07) is 3.98. The fraction of sp³-hybridized carbons (Fsp3) is 0.600. The molecular weight excluding hydrogens is 232 g/mol. The first-order chi connectivity index (χ1) is 7.31. The Bertz CT molecular complexity index is 312. The van der Waals surface area contributed by atoms with Gasteiger partial charge < -0.3 is 4.74 Å². The lowest BCUT2D eigenvalue weighted by atomic mass is 10.0. The zero-order valence-corrected chi connectivity index (χ0v) is 9.98. The molecule has 5 heteroatoms. The summed E-state index contributed by atoms with van der Waals surface area (Å²) >= 11 is 7.47. The van der Waals surface area contributed by atoms with Crippen LogP contribution in [0.3, 0.4) is 0 Å². The lowest BCUT2D eigenvalue weighted by Crippen LogP contribution is -2.39. The minimum Gasteiger partial charge on any atom is -0.376 e. The number of halogens is 1. The average Bonchev–Trinajstić information content (AvgIpc) is 2.68. The van der Waals surface area contributed by atoms with Crippen molar-refractivity contribution in [2.75, 3.05) is 6.61 Å². The van der Waals surface area contributed by atoms with Gasteiger partial charge in [-0.1, -0.05) is 11.6 Å². The quantitative estimate of drug-likeness (QED) is 0.636. The Morgan fingerprint density at radius 2 is 2.40 bits per heavy atom. The van der Waals surface area contributed by atoms with E-state index in [1.165, 1.54) is 6.42 Å². The van der Waals surface area contributed by atoms with Crippen LogP contribution in [0, 0.1) is 0 Å². The number of thiophene rings is 1. The van der Waals surface area contributed by atoms with Gasteiger partial charge in [-0.05, 0) is 31.4 Å². The molecule has 84 valence electrons. The SMILES string of the molecule is NNC(c1ccc(Cl)s1)C1CCCCO1. The van der Waals surface area contributed by atoms with Gasteiger partial charge in [0.1, 0.15) is 0 Å². The second kappa shape index (κ2) is 5.27. The topological polar surface area (TPSA) is 47.3 Å². The molecule has 0 saturated carbocycles. The van der Waals surface area contributed by atoms with E-state index in [9.17, 15) is 0 Å². The van der Waals surface area contributed by atoms with Crippen LogP contribution in [-0.4, -0.2) is 12.7 Å². The van der Waals surface area contributed by atoms with Crippen LogP contribution in [0.5, 0.6) is 0 Å². The Hall–Kier alpha value is -0.130. The van der Waals surface area contributed by atoms with Gasteiger partial charge >= 0.3 is 0 Å². The van der Waals surface area contributed by atoms with Crippen LogP contribution in [0.1, 0.15) is 30.2 Å². The molecule has 0 aromatic carbocycles. The predicted molar refractivity (Wildman–Crippen MR) is 63.0 cm³/mol. The third-order valence-corrected chi connectivity index (χ3v) is 3.98. The van der Waals surface area contributed by atoms with Crippen LogP contribution >= 0.6 is 22.9 Å². The van der Waals surface area contributed by atoms with Crippen molar-refractivity contribution in [2.45, 2.75) is 31.4 Å². The number of nitrogens with two attached hydrogens (primary N) is 1. The molecule has 0 bridgehead atoms. The molecule has 1 saturated heterocycles. The van der Waals surface area contributed by atoms with Crippen LogP contribution in [0.4, 0.5) is 0 Å². The molecule has 0 spiro atoms. The van der Waals surface area contributed by atoms with Crippen molar-refractivity contribution in [1.82, 2.24) is 5.43 Å². The molecule has 3 nitrogen and oxygen atoms in total. The molecule has 2 heterocycles. The monoisotopic (exact) mass is 246 g/mol. The van der Waals surface area contributed by atoms with Crippen LogP contribution in [0.15, 0.2) is 12.1 Å². The summed E-state index contributed by atoms with van der Waals surface area (Å²) in [5.41, 5.74) is 2.83. The lowest BCUT2D eigenvalue weighted by Gasteiger charge is -2.29. The molecule has 2 atom stereocenters. The van der Waals surface area contributed by atoms with Crippen molar-refractivity contribution in [3.8, 4) is 0 Å². The largest absolute Gasteiger partial charge is 0.376 e. The summed E-state index contributed by atoms with van der Waals surface area (Å²) in [5, 5.41) is 0. The third kappa shape index (κ3) is 2.71. The van der Waals surface area contributed by atoms with Crippen molar-refractivity contribution in [1.29, 1.82) is 0 Å². The standard InChI is InChI=1S/C10H15ClN2OS/c11-9-5-4-8(15-9)10(13-12)7-3-1-2-6-14-7/h4-5,7,10,13H,1-3,6,12H2. The Kier molecular flexibility index (Phi) is 3.99. The van der Waals surface area contributed by atoms with Crippen molar-refractivity contribution in [3.63, 3.8) is 0 Å². The third-order valence-electron chi connectivity index (χ3n) is 2.67. The van der Waals surface area contributed by atoms with Gasteiger partial charge in [-0.2, -0.15) is 0 Å². The van der Waals surface area contributed by atoms with Gasteiger partial charge in [-0.25, -0.2) is 5.43 Å². The van der Waals surface area contributed by atoms with Crippen LogP contribution in [-0.2, 0) is 4.74 Å². The number of hydrogen-bond acceptors (Lipinski definition) is 4. The minimum absolute atomic E-state index is 0.0720. The van der Waals surface area contributed by atoms with Crippen molar-refractivity contribution < 1.29 is 4.74 Å². The highest BCUT2D eigenvalue weighted by Crippen LogP contribution is 2.32. The van der Waals surface area contributed by atoms with Crippen molar-refractivity contribution in [2.24, 2.45) is 5.84 Å². The van der Waals surface area contributed by atoms with Crippen LogP contribution in [0.25, 0.3) is 0 Å². The van der Waals surface area contributed by atoms with E-state index in [1.54, 1.807) is 11.3 Å². The van der Waals surface area contributed by atoms with E-state index >= 15 is 0 Å². The number of ether oxygens (including phenoxy) is 1. The van der Waals surface area contributed by atoms with Gasteiger partial charge in [0.25, 0.3) is 0 Å². The normalized spacial score (nSPS) is 24.0. The van der Waals surface area contributed by atoms with Crippen molar-refractivity contribution >= 4 is 22.9 Å². The summed E-state index contributed by atoms with van der Waals surface area (Å²) in [7, 11) is 0. The van der Waals surface area contributed by atoms with Gasteiger partial charge in [0.05, 0.1) is 16.5 Å². The highest BCUT2D eigenvalue weighted by molar-refractivity contribution is 7.16. The van der Waals surface area contributed by atoms with Gasteiger partial charge in [0.2, 0.25) is 0 Å². The first kappa shape index (κ1) is 11.4. The molecule has 0 aliphatic carbocycles. The summed E-state index contributed by atoms with van der Waals surface area (Å²) in [6.45, 7) is 0.835. The Morgan fingerprint density at radius 3 is 2.93 bits per heavy atom. The number of nitrogens with one attached hydrogen (secondary N) is 1. The molecule has 1 aromatic heterocycles. The predicted octanol–water partition coefficient (Wildman–Crippen LogP) is 2.48. The number of hydrazine groups is 1. The molecule has 1 aromatic rings. The summed E-state index contributed by atoms with van der Waals surface area (Å²) in [5.74, 6) is 5.58. The summed E-state index contributed by atoms with van der Waals surface area (Å²) in [6.07, 6.45) is 3.60. The highest BCUT2D eigenvalue weighted by Gasteiger charge is 2.26. The molecule has 0 radical (unpaired) electrons. The Balaban J connectivity index is 2.08. The van der Waals surface area contributed by atoms with Gasteiger partial charge in [0, 0.05) is 11.5 Å². The smallest absolute Gasteiger partial charge is 0.0931 e.